The molecular weight excluding hydrogens is 414 g/mol. The van der Waals surface area contributed by atoms with E-state index in [1.165, 1.54) is 41.1 Å². The first-order valence-electron chi connectivity index (χ1n) is 9.82. The molecule has 0 atom stereocenters. The summed E-state index contributed by atoms with van der Waals surface area (Å²) in [5, 5.41) is 11.6. The molecule has 0 bridgehead atoms. The molecule has 5 nitrogen and oxygen atoms in total. The van der Waals surface area contributed by atoms with Gasteiger partial charge in [-0.2, -0.15) is 0 Å². The van der Waals surface area contributed by atoms with Gasteiger partial charge >= 0.3 is 0 Å². The monoisotopic (exact) mass is 431 g/mol. The second kappa shape index (κ2) is 6.75. The minimum absolute atomic E-state index is 0.0860. The lowest BCUT2D eigenvalue weighted by molar-refractivity contribution is 0.482. The molecule has 1 saturated carbocycles. The summed E-state index contributed by atoms with van der Waals surface area (Å²) in [6.07, 6.45) is 4.24. The topological polar surface area (TPSA) is 68.0 Å². The van der Waals surface area contributed by atoms with Crippen molar-refractivity contribution in [2.45, 2.75) is 25.3 Å². The largest absolute Gasteiger partial charge is 0.506 e. The molecule has 1 N–H and O–H groups in total. The van der Waals surface area contributed by atoms with E-state index < -0.39 is 0 Å². The van der Waals surface area contributed by atoms with Crippen LogP contribution in [0.25, 0.3) is 31.7 Å². The predicted molar refractivity (Wildman–Crippen MR) is 122 cm³/mol. The fourth-order valence-electron chi connectivity index (χ4n) is 3.96. The SMILES string of the molecule is O=c1c2c(nc(-c3cccc(C4CC4)c3)n1Cc1cncs1)sc1c(O)cccc12. The maximum atomic E-state index is 13.7. The van der Waals surface area contributed by atoms with Gasteiger partial charge in [0.2, 0.25) is 0 Å². The Kier molecular flexibility index (Phi) is 4.01. The van der Waals surface area contributed by atoms with Gasteiger partial charge < -0.3 is 5.11 Å². The third-order valence-corrected chi connectivity index (χ3v) is 7.48. The van der Waals surface area contributed by atoms with Gasteiger partial charge in [0.05, 0.1) is 22.1 Å². The van der Waals surface area contributed by atoms with E-state index in [1.54, 1.807) is 28.4 Å². The highest BCUT2D eigenvalue weighted by Gasteiger charge is 2.25. The second-order valence-corrected chi connectivity index (χ2v) is 9.60. The van der Waals surface area contributed by atoms with Crippen molar-refractivity contribution in [3.8, 4) is 17.1 Å². The Hall–Kier alpha value is -3.03. The lowest BCUT2D eigenvalue weighted by Crippen LogP contribution is -2.23. The minimum Gasteiger partial charge on any atom is -0.506 e. The number of rotatable bonds is 4. The van der Waals surface area contributed by atoms with Crippen LogP contribution in [0.15, 0.2) is 59.0 Å². The van der Waals surface area contributed by atoms with E-state index in [4.69, 9.17) is 4.98 Å². The molecular formula is C23H17N3O2S2. The number of aromatic nitrogens is 3. The predicted octanol–water partition coefficient (Wildman–Crippen LogP) is 5.37. The quantitative estimate of drug-likeness (QED) is 0.416. The molecule has 0 spiro atoms. The van der Waals surface area contributed by atoms with Crippen molar-refractivity contribution >= 4 is 43.0 Å². The molecule has 2 aromatic carbocycles. The molecule has 0 saturated heterocycles. The summed E-state index contributed by atoms with van der Waals surface area (Å²) in [7, 11) is 0. The zero-order valence-corrected chi connectivity index (χ0v) is 17.5. The molecule has 1 aliphatic rings. The summed E-state index contributed by atoms with van der Waals surface area (Å²) in [4.78, 5) is 24.5. The minimum atomic E-state index is -0.0860. The Bertz CT molecular complexity index is 1460. The highest BCUT2D eigenvalue weighted by Crippen LogP contribution is 2.41. The van der Waals surface area contributed by atoms with Crippen LogP contribution in [-0.4, -0.2) is 19.6 Å². The number of fused-ring (bicyclic) bond motifs is 3. The van der Waals surface area contributed by atoms with Crippen LogP contribution in [0.3, 0.4) is 0 Å². The first-order valence-corrected chi connectivity index (χ1v) is 11.5. The summed E-state index contributed by atoms with van der Waals surface area (Å²) in [6.45, 7) is 0.422. The van der Waals surface area contributed by atoms with Crippen molar-refractivity contribution in [3.05, 3.63) is 75.0 Å². The van der Waals surface area contributed by atoms with Crippen LogP contribution in [0.5, 0.6) is 5.75 Å². The maximum absolute atomic E-state index is 13.7. The van der Waals surface area contributed by atoms with Gasteiger partial charge in [-0.15, -0.1) is 22.7 Å². The molecule has 30 heavy (non-hydrogen) atoms. The Labute approximate surface area is 179 Å². The number of phenols is 1. The summed E-state index contributed by atoms with van der Waals surface area (Å²) in [5.41, 5.74) is 3.94. The molecule has 5 aromatic rings. The number of phenolic OH excluding ortho intramolecular Hbond substituents is 1. The van der Waals surface area contributed by atoms with Crippen LogP contribution in [0.4, 0.5) is 0 Å². The molecule has 0 radical (unpaired) electrons. The average Bonchev–Trinajstić information content (AvgIpc) is 3.35. The number of nitrogens with zero attached hydrogens (tertiary/aromatic N) is 3. The van der Waals surface area contributed by atoms with Crippen LogP contribution in [0.2, 0.25) is 0 Å². The third-order valence-electron chi connectivity index (χ3n) is 5.59. The van der Waals surface area contributed by atoms with Crippen molar-refractivity contribution in [1.29, 1.82) is 0 Å². The summed E-state index contributed by atoms with van der Waals surface area (Å²) < 4.78 is 2.45. The van der Waals surface area contributed by atoms with Gasteiger partial charge in [-0.25, -0.2) is 4.98 Å². The van der Waals surface area contributed by atoms with E-state index in [9.17, 15) is 9.90 Å². The molecule has 0 unspecified atom stereocenters. The molecule has 7 heteroatoms. The van der Waals surface area contributed by atoms with Gasteiger partial charge in [0, 0.05) is 22.0 Å². The van der Waals surface area contributed by atoms with Gasteiger partial charge in [0.1, 0.15) is 16.4 Å². The van der Waals surface area contributed by atoms with E-state index in [0.717, 1.165) is 15.8 Å². The first-order chi connectivity index (χ1) is 14.7. The van der Waals surface area contributed by atoms with Gasteiger partial charge in [0.15, 0.2) is 0 Å². The molecule has 6 rings (SSSR count). The van der Waals surface area contributed by atoms with Crippen molar-refractivity contribution in [3.63, 3.8) is 0 Å². The Morgan fingerprint density at radius 3 is 2.83 bits per heavy atom. The number of thiophene rings is 1. The van der Waals surface area contributed by atoms with E-state index in [1.807, 2.05) is 18.2 Å². The molecule has 3 aromatic heterocycles. The van der Waals surface area contributed by atoms with Gasteiger partial charge in [-0.3, -0.25) is 14.3 Å². The third kappa shape index (κ3) is 2.85. The normalized spacial score (nSPS) is 14.0. The van der Waals surface area contributed by atoms with Gasteiger partial charge in [-0.05, 0) is 36.5 Å². The van der Waals surface area contributed by atoms with E-state index in [2.05, 4.69) is 17.1 Å². The highest BCUT2D eigenvalue weighted by molar-refractivity contribution is 7.25. The average molecular weight is 432 g/mol. The Morgan fingerprint density at radius 2 is 2.03 bits per heavy atom. The number of hydrogen-bond donors (Lipinski definition) is 1. The van der Waals surface area contributed by atoms with E-state index in [0.29, 0.717) is 33.2 Å². The molecule has 1 fully saturated rings. The molecule has 0 amide bonds. The first kappa shape index (κ1) is 17.8. The Morgan fingerprint density at radius 1 is 1.17 bits per heavy atom. The summed E-state index contributed by atoms with van der Waals surface area (Å²) in [6, 6.07) is 13.7. The molecule has 1 aliphatic carbocycles. The smallest absolute Gasteiger partial charge is 0.263 e. The van der Waals surface area contributed by atoms with Crippen LogP contribution in [-0.2, 0) is 6.54 Å². The van der Waals surface area contributed by atoms with Crippen LogP contribution in [0, 0.1) is 0 Å². The van der Waals surface area contributed by atoms with Crippen molar-refractivity contribution < 1.29 is 5.11 Å². The zero-order valence-electron chi connectivity index (χ0n) is 15.9. The number of benzene rings is 2. The Balaban J connectivity index is 1.65. The number of aromatic hydroxyl groups is 1. The lowest BCUT2D eigenvalue weighted by Gasteiger charge is -2.13. The lowest BCUT2D eigenvalue weighted by atomic mass is 10.1. The van der Waals surface area contributed by atoms with Crippen LogP contribution < -0.4 is 5.56 Å². The van der Waals surface area contributed by atoms with Gasteiger partial charge in [-0.1, -0.05) is 30.3 Å². The fourth-order valence-corrected chi connectivity index (χ4v) is 5.62. The van der Waals surface area contributed by atoms with Crippen LogP contribution >= 0.6 is 22.7 Å². The van der Waals surface area contributed by atoms with Crippen LogP contribution in [0.1, 0.15) is 29.2 Å². The fraction of sp³-hybridized carbons (Fsp3) is 0.174. The summed E-state index contributed by atoms with van der Waals surface area (Å²) in [5.74, 6) is 1.47. The summed E-state index contributed by atoms with van der Waals surface area (Å²) >= 11 is 2.89. The van der Waals surface area contributed by atoms with E-state index >= 15 is 0 Å². The maximum Gasteiger partial charge on any atom is 0.263 e. The number of hydrogen-bond acceptors (Lipinski definition) is 6. The van der Waals surface area contributed by atoms with Gasteiger partial charge in [0.25, 0.3) is 5.56 Å². The van der Waals surface area contributed by atoms with E-state index in [-0.39, 0.29) is 11.3 Å². The van der Waals surface area contributed by atoms with Crippen molar-refractivity contribution in [2.24, 2.45) is 0 Å². The standard InChI is InChI=1S/C23H17N3O2S2/c27-18-6-2-5-17-19-22(30-20(17)18)25-21(15-4-1-3-14(9-15)13-7-8-13)26(23(19)28)11-16-10-24-12-29-16/h1-6,9-10,12-13,27H,7-8,11H2. The molecule has 148 valence electrons. The molecule has 3 heterocycles. The van der Waals surface area contributed by atoms with Crippen molar-refractivity contribution in [1.82, 2.24) is 14.5 Å². The second-order valence-electron chi connectivity index (χ2n) is 7.63. The zero-order chi connectivity index (χ0) is 20.2. The molecule has 0 aliphatic heterocycles. The number of thiazole rings is 1. The van der Waals surface area contributed by atoms with Crippen molar-refractivity contribution in [2.75, 3.05) is 0 Å². The highest BCUT2D eigenvalue weighted by atomic mass is 32.1.